The molecule has 1 heterocycles. The zero-order valence-electron chi connectivity index (χ0n) is 9.23. The zero-order valence-corrected chi connectivity index (χ0v) is 10.9. The van der Waals surface area contributed by atoms with Crippen LogP contribution in [0.1, 0.15) is 26.2 Å². The van der Waals surface area contributed by atoms with Gasteiger partial charge in [-0.1, -0.05) is 42.9 Å². The molecule has 0 aliphatic rings. The summed E-state index contributed by atoms with van der Waals surface area (Å²) in [7, 11) is 0. The van der Waals surface area contributed by atoms with Crippen molar-refractivity contribution in [3.05, 3.63) is 0 Å². The standard InChI is InChI=1S/C9H16N4OS2/c1-2-3-4-5-11-7(14)6-15-9-13-12-8(10)16-9/h2-6H2,1H3,(H2,10,12)(H,11,14). The third kappa shape index (κ3) is 5.32. The number of anilines is 1. The summed E-state index contributed by atoms with van der Waals surface area (Å²) in [4.78, 5) is 11.4. The van der Waals surface area contributed by atoms with E-state index in [1.54, 1.807) is 0 Å². The van der Waals surface area contributed by atoms with Crippen LogP contribution in [0.2, 0.25) is 0 Å². The number of unbranched alkanes of at least 4 members (excludes halogenated alkanes) is 2. The van der Waals surface area contributed by atoms with E-state index in [0.717, 1.165) is 30.1 Å². The van der Waals surface area contributed by atoms with E-state index in [9.17, 15) is 4.79 Å². The molecule has 1 aromatic heterocycles. The van der Waals surface area contributed by atoms with Gasteiger partial charge < -0.3 is 11.1 Å². The smallest absolute Gasteiger partial charge is 0.230 e. The first-order valence-electron chi connectivity index (χ1n) is 5.21. The van der Waals surface area contributed by atoms with Gasteiger partial charge in [-0.3, -0.25) is 4.79 Å². The number of rotatable bonds is 7. The minimum absolute atomic E-state index is 0.0369. The lowest BCUT2D eigenvalue weighted by molar-refractivity contribution is -0.118. The highest BCUT2D eigenvalue weighted by atomic mass is 32.2. The summed E-state index contributed by atoms with van der Waals surface area (Å²) in [6.07, 6.45) is 3.35. The summed E-state index contributed by atoms with van der Waals surface area (Å²) >= 11 is 2.67. The van der Waals surface area contributed by atoms with Gasteiger partial charge in [0.25, 0.3) is 0 Å². The quantitative estimate of drug-likeness (QED) is 0.574. The molecule has 1 rings (SSSR count). The Morgan fingerprint density at radius 3 is 2.94 bits per heavy atom. The van der Waals surface area contributed by atoms with Gasteiger partial charge in [-0.25, -0.2) is 0 Å². The van der Waals surface area contributed by atoms with E-state index in [1.165, 1.54) is 23.1 Å². The highest BCUT2D eigenvalue weighted by molar-refractivity contribution is 8.01. The van der Waals surface area contributed by atoms with Crippen LogP contribution in [0.15, 0.2) is 4.34 Å². The Kier molecular flexibility index (Phi) is 6.17. The molecule has 0 aliphatic heterocycles. The topological polar surface area (TPSA) is 80.9 Å². The van der Waals surface area contributed by atoms with Gasteiger partial charge in [0.2, 0.25) is 11.0 Å². The van der Waals surface area contributed by atoms with Crippen LogP contribution in [0.3, 0.4) is 0 Å². The van der Waals surface area contributed by atoms with Crippen LogP contribution in [0, 0.1) is 0 Å². The maximum Gasteiger partial charge on any atom is 0.230 e. The summed E-state index contributed by atoms with van der Waals surface area (Å²) in [5, 5.41) is 10.8. The fraction of sp³-hybridized carbons (Fsp3) is 0.667. The van der Waals surface area contributed by atoms with Gasteiger partial charge in [0.05, 0.1) is 5.75 Å². The SMILES string of the molecule is CCCCCNC(=O)CSc1nnc(N)s1. The molecule has 0 atom stereocenters. The van der Waals surface area contributed by atoms with Crippen molar-refractivity contribution in [3.8, 4) is 0 Å². The largest absolute Gasteiger partial charge is 0.374 e. The van der Waals surface area contributed by atoms with E-state index >= 15 is 0 Å². The lowest BCUT2D eigenvalue weighted by atomic mass is 10.2. The molecule has 0 bridgehead atoms. The lowest BCUT2D eigenvalue weighted by Gasteiger charge is -2.02. The van der Waals surface area contributed by atoms with Gasteiger partial charge in [-0.2, -0.15) is 0 Å². The van der Waals surface area contributed by atoms with E-state index in [1.807, 2.05) is 0 Å². The molecule has 0 aliphatic carbocycles. The molecule has 0 saturated carbocycles. The molecule has 0 fully saturated rings. The number of nitrogens with two attached hydrogens (primary N) is 1. The van der Waals surface area contributed by atoms with Gasteiger partial charge in [0.15, 0.2) is 4.34 Å². The average molecular weight is 260 g/mol. The number of carbonyl (C=O) groups is 1. The molecule has 0 spiro atoms. The van der Waals surface area contributed by atoms with Crippen LogP contribution < -0.4 is 11.1 Å². The Bertz CT molecular complexity index is 329. The normalized spacial score (nSPS) is 10.3. The molecule has 3 N–H and O–H groups in total. The number of aromatic nitrogens is 2. The van der Waals surface area contributed by atoms with Crippen molar-refractivity contribution in [1.29, 1.82) is 0 Å². The molecule has 1 amide bonds. The van der Waals surface area contributed by atoms with Crippen molar-refractivity contribution >= 4 is 34.1 Å². The number of carbonyl (C=O) groups excluding carboxylic acids is 1. The maximum absolute atomic E-state index is 11.4. The number of thioether (sulfide) groups is 1. The Hall–Kier alpha value is -0.820. The van der Waals surface area contributed by atoms with Crippen molar-refractivity contribution < 1.29 is 4.79 Å². The van der Waals surface area contributed by atoms with Gasteiger partial charge in [-0.05, 0) is 6.42 Å². The van der Waals surface area contributed by atoms with Crippen molar-refractivity contribution in [2.24, 2.45) is 0 Å². The highest BCUT2D eigenvalue weighted by Gasteiger charge is 2.05. The molecular weight excluding hydrogens is 244 g/mol. The van der Waals surface area contributed by atoms with Crippen LogP contribution in [-0.4, -0.2) is 28.4 Å². The second-order valence-electron chi connectivity index (χ2n) is 3.25. The molecular formula is C9H16N4OS2. The molecule has 16 heavy (non-hydrogen) atoms. The van der Waals surface area contributed by atoms with Crippen LogP contribution in [-0.2, 0) is 4.79 Å². The molecule has 0 aromatic carbocycles. The maximum atomic E-state index is 11.4. The number of amides is 1. The van der Waals surface area contributed by atoms with Crippen molar-refractivity contribution in [2.45, 2.75) is 30.5 Å². The van der Waals surface area contributed by atoms with E-state index in [-0.39, 0.29) is 5.91 Å². The summed E-state index contributed by atoms with van der Waals surface area (Å²) in [5.41, 5.74) is 5.43. The van der Waals surface area contributed by atoms with Crippen LogP contribution in [0.25, 0.3) is 0 Å². The first-order valence-corrected chi connectivity index (χ1v) is 7.01. The Balaban J connectivity index is 2.10. The molecule has 0 unspecified atom stereocenters. The Morgan fingerprint density at radius 2 is 2.31 bits per heavy atom. The number of nitrogens with one attached hydrogen (secondary N) is 1. The minimum atomic E-state index is 0.0369. The monoisotopic (exact) mass is 260 g/mol. The minimum Gasteiger partial charge on any atom is -0.374 e. The fourth-order valence-electron chi connectivity index (χ4n) is 1.06. The summed E-state index contributed by atoms with van der Waals surface area (Å²) < 4.78 is 0.737. The number of nitrogens with zero attached hydrogens (tertiary/aromatic N) is 2. The van der Waals surface area contributed by atoms with E-state index < -0.39 is 0 Å². The third-order valence-electron chi connectivity index (χ3n) is 1.85. The molecule has 7 heteroatoms. The first kappa shape index (κ1) is 13.2. The number of nitrogen functional groups attached to an aromatic ring is 1. The average Bonchev–Trinajstić information content (AvgIpc) is 2.68. The van der Waals surface area contributed by atoms with E-state index in [0.29, 0.717) is 10.9 Å². The molecule has 5 nitrogen and oxygen atoms in total. The lowest BCUT2D eigenvalue weighted by Crippen LogP contribution is -2.26. The van der Waals surface area contributed by atoms with Crippen molar-refractivity contribution in [2.75, 3.05) is 18.0 Å². The zero-order chi connectivity index (χ0) is 11.8. The number of hydrogen-bond acceptors (Lipinski definition) is 6. The van der Waals surface area contributed by atoms with Crippen LogP contribution >= 0.6 is 23.1 Å². The van der Waals surface area contributed by atoms with Gasteiger partial charge in [0, 0.05) is 6.54 Å². The van der Waals surface area contributed by atoms with Gasteiger partial charge >= 0.3 is 0 Å². The van der Waals surface area contributed by atoms with Crippen LogP contribution in [0.5, 0.6) is 0 Å². The molecule has 1 aromatic rings. The second kappa shape index (κ2) is 7.45. The highest BCUT2D eigenvalue weighted by Crippen LogP contribution is 2.22. The molecule has 0 saturated heterocycles. The molecule has 0 radical (unpaired) electrons. The summed E-state index contributed by atoms with van der Waals surface area (Å²) in [5.74, 6) is 0.413. The third-order valence-corrected chi connectivity index (χ3v) is 3.74. The summed E-state index contributed by atoms with van der Waals surface area (Å²) in [6, 6.07) is 0. The first-order chi connectivity index (χ1) is 7.72. The second-order valence-corrected chi connectivity index (χ2v) is 5.48. The van der Waals surface area contributed by atoms with Gasteiger partial charge in [0.1, 0.15) is 0 Å². The van der Waals surface area contributed by atoms with E-state index in [2.05, 4.69) is 22.4 Å². The van der Waals surface area contributed by atoms with Gasteiger partial charge in [-0.15, -0.1) is 10.2 Å². The molecule has 90 valence electrons. The van der Waals surface area contributed by atoms with Crippen molar-refractivity contribution in [3.63, 3.8) is 0 Å². The predicted octanol–water partition coefficient (Wildman–Crippen LogP) is 1.52. The number of hydrogen-bond donors (Lipinski definition) is 2. The Labute approximate surface area is 103 Å². The fourth-order valence-corrected chi connectivity index (χ4v) is 2.53. The Morgan fingerprint density at radius 1 is 1.50 bits per heavy atom. The predicted molar refractivity (Wildman–Crippen MR) is 67.6 cm³/mol. The van der Waals surface area contributed by atoms with Crippen molar-refractivity contribution in [1.82, 2.24) is 15.5 Å². The van der Waals surface area contributed by atoms with Crippen LogP contribution in [0.4, 0.5) is 5.13 Å². The summed E-state index contributed by atoms with van der Waals surface area (Å²) in [6.45, 7) is 2.89. The van der Waals surface area contributed by atoms with E-state index in [4.69, 9.17) is 5.73 Å².